The van der Waals surface area contributed by atoms with Gasteiger partial charge in [0.05, 0.1) is 6.07 Å². The molecule has 0 aliphatic heterocycles. The third-order valence-electron chi connectivity index (χ3n) is 2.44. The van der Waals surface area contributed by atoms with Crippen molar-refractivity contribution in [1.29, 1.82) is 0 Å². The molecule has 0 aliphatic rings. The van der Waals surface area contributed by atoms with Crippen LogP contribution in [-0.2, 0) is 6.42 Å². The first-order valence-electron chi connectivity index (χ1n) is 5.47. The van der Waals surface area contributed by atoms with Crippen LogP contribution >= 0.6 is 0 Å². The summed E-state index contributed by atoms with van der Waals surface area (Å²) < 4.78 is 10.0. The van der Waals surface area contributed by atoms with Gasteiger partial charge in [0.15, 0.2) is 11.5 Å². The van der Waals surface area contributed by atoms with Crippen molar-refractivity contribution in [3.8, 4) is 11.5 Å². The number of hydrogen-bond donors (Lipinski definition) is 1. The fourth-order valence-electron chi connectivity index (χ4n) is 1.67. The monoisotopic (exact) mass is 251 g/mol. The molecule has 2 N–H and O–H groups in total. The van der Waals surface area contributed by atoms with Crippen molar-refractivity contribution >= 4 is 11.8 Å². The maximum Gasteiger partial charge on any atom is 0.433 e. The van der Waals surface area contributed by atoms with E-state index in [1.165, 1.54) is 12.1 Å². The minimum Gasteiger partial charge on any atom is -0.399 e. The SMILES string of the molecule is CC(C)Cc1c(-c2ccc([N+](=O)[O-])o2)noc1N. The van der Waals surface area contributed by atoms with Crippen molar-refractivity contribution in [3.05, 3.63) is 27.8 Å². The zero-order valence-electron chi connectivity index (χ0n) is 10.0. The first-order chi connectivity index (χ1) is 8.49. The molecule has 0 atom stereocenters. The number of furan rings is 1. The summed E-state index contributed by atoms with van der Waals surface area (Å²) in [6, 6.07) is 2.76. The van der Waals surface area contributed by atoms with Gasteiger partial charge in [0, 0.05) is 5.56 Å². The largest absolute Gasteiger partial charge is 0.433 e. The predicted molar refractivity (Wildman–Crippen MR) is 63.8 cm³/mol. The zero-order chi connectivity index (χ0) is 13.3. The molecule has 0 bridgehead atoms. The van der Waals surface area contributed by atoms with Crippen molar-refractivity contribution in [2.24, 2.45) is 5.92 Å². The Morgan fingerprint density at radius 3 is 2.78 bits per heavy atom. The van der Waals surface area contributed by atoms with Gasteiger partial charge in [-0.2, -0.15) is 0 Å². The smallest absolute Gasteiger partial charge is 0.399 e. The molecule has 2 aromatic heterocycles. The first kappa shape index (κ1) is 12.2. The van der Waals surface area contributed by atoms with Crippen LogP contribution in [0.15, 0.2) is 21.1 Å². The topological polar surface area (TPSA) is 108 Å². The molecule has 18 heavy (non-hydrogen) atoms. The molecule has 0 fully saturated rings. The van der Waals surface area contributed by atoms with E-state index in [2.05, 4.69) is 5.16 Å². The lowest BCUT2D eigenvalue weighted by molar-refractivity contribution is -0.401. The van der Waals surface area contributed by atoms with Crippen LogP contribution in [0.1, 0.15) is 19.4 Å². The van der Waals surface area contributed by atoms with Crippen molar-refractivity contribution in [2.45, 2.75) is 20.3 Å². The number of anilines is 1. The molecule has 0 saturated carbocycles. The van der Waals surface area contributed by atoms with Gasteiger partial charge in [-0.15, -0.1) is 0 Å². The molecular formula is C11H13N3O4. The fourth-order valence-corrected chi connectivity index (χ4v) is 1.67. The quantitative estimate of drug-likeness (QED) is 0.660. The number of nitrogens with zero attached hydrogens (tertiary/aromatic N) is 2. The molecule has 0 aliphatic carbocycles. The van der Waals surface area contributed by atoms with E-state index in [0.29, 0.717) is 23.6 Å². The highest BCUT2D eigenvalue weighted by Gasteiger charge is 2.21. The summed E-state index contributed by atoms with van der Waals surface area (Å²) in [6.07, 6.45) is 0.666. The molecular weight excluding hydrogens is 238 g/mol. The summed E-state index contributed by atoms with van der Waals surface area (Å²) in [5.41, 5.74) is 6.83. The number of hydrogen-bond acceptors (Lipinski definition) is 6. The van der Waals surface area contributed by atoms with Crippen molar-refractivity contribution in [1.82, 2.24) is 5.16 Å². The number of rotatable bonds is 4. The maximum atomic E-state index is 10.6. The minimum atomic E-state index is -0.602. The van der Waals surface area contributed by atoms with E-state index in [-0.39, 0.29) is 17.5 Å². The van der Waals surface area contributed by atoms with E-state index in [0.717, 1.165) is 0 Å². The maximum absolute atomic E-state index is 10.6. The van der Waals surface area contributed by atoms with Crippen molar-refractivity contribution < 1.29 is 13.9 Å². The van der Waals surface area contributed by atoms with Gasteiger partial charge in [-0.3, -0.25) is 10.1 Å². The Morgan fingerprint density at radius 2 is 2.22 bits per heavy atom. The second kappa shape index (κ2) is 4.52. The van der Waals surface area contributed by atoms with E-state index >= 15 is 0 Å². The van der Waals surface area contributed by atoms with Crippen LogP contribution in [0.5, 0.6) is 0 Å². The second-order valence-corrected chi connectivity index (χ2v) is 4.37. The van der Waals surface area contributed by atoms with Crippen LogP contribution < -0.4 is 5.73 Å². The van der Waals surface area contributed by atoms with Gasteiger partial charge in [0.25, 0.3) is 0 Å². The lowest BCUT2D eigenvalue weighted by Crippen LogP contribution is -1.98. The number of nitrogen functional groups attached to an aromatic ring is 1. The summed E-state index contributed by atoms with van der Waals surface area (Å²) in [6.45, 7) is 4.06. The molecule has 0 saturated heterocycles. The fraction of sp³-hybridized carbons (Fsp3) is 0.364. The first-order valence-corrected chi connectivity index (χ1v) is 5.47. The Kier molecular flexibility index (Phi) is 3.05. The van der Waals surface area contributed by atoms with Gasteiger partial charge in [-0.25, -0.2) is 0 Å². The third kappa shape index (κ3) is 2.20. The molecule has 2 aromatic rings. The second-order valence-electron chi connectivity index (χ2n) is 4.37. The lowest BCUT2D eigenvalue weighted by Gasteiger charge is -2.03. The molecule has 0 spiro atoms. The molecule has 0 aromatic carbocycles. The van der Waals surface area contributed by atoms with Crippen LogP contribution in [0.2, 0.25) is 0 Å². The van der Waals surface area contributed by atoms with Crippen LogP contribution in [0.25, 0.3) is 11.5 Å². The summed E-state index contributed by atoms with van der Waals surface area (Å²) in [7, 11) is 0. The van der Waals surface area contributed by atoms with Crippen LogP contribution in [0, 0.1) is 16.0 Å². The van der Waals surface area contributed by atoms with E-state index in [1.54, 1.807) is 0 Å². The minimum absolute atomic E-state index is 0.220. The van der Waals surface area contributed by atoms with Gasteiger partial charge < -0.3 is 14.7 Å². The Balaban J connectivity index is 2.40. The molecule has 96 valence electrons. The Morgan fingerprint density at radius 1 is 1.50 bits per heavy atom. The molecule has 7 nitrogen and oxygen atoms in total. The zero-order valence-corrected chi connectivity index (χ0v) is 10.0. The van der Waals surface area contributed by atoms with Crippen LogP contribution in [0.3, 0.4) is 0 Å². The normalized spacial score (nSPS) is 11.1. The predicted octanol–water partition coefficient (Wildman–Crippen LogP) is 2.62. The third-order valence-corrected chi connectivity index (χ3v) is 2.44. The Hall–Kier alpha value is -2.31. The summed E-state index contributed by atoms with van der Waals surface area (Å²) in [5.74, 6) is 0.535. The molecule has 0 amide bonds. The summed E-state index contributed by atoms with van der Waals surface area (Å²) in [5, 5.41) is 14.4. The number of nitro groups is 1. The Labute approximate surface area is 103 Å². The van der Waals surface area contributed by atoms with E-state index in [9.17, 15) is 10.1 Å². The molecule has 2 heterocycles. The average molecular weight is 251 g/mol. The number of aromatic nitrogens is 1. The average Bonchev–Trinajstić information content (AvgIpc) is 2.86. The van der Waals surface area contributed by atoms with Gasteiger partial charge in [-0.05, 0) is 18.4 Å². The van der Waals surface area contributed by atoms with Crippen LogP contribution in [-0.4, -0.2) is 10.1 Å². The van der Waals surface area contributed by atoms with Crippen molar-refractivity contribution in [3.63, 3.8) is 0 Å². The summed E-state index contributed by atoms with van der Waals surface area (Å²) in [4.78, 5) is 9.95. The van der Waals surface area contributed by atoms with Crippen molar-refractivity contribution in [2.75, 3.05) is 5.73 Å². The van der Waals surface area contributed by atoms with E-state index in [4.69, 9.17) is 14.7 Å². The summed E-state index contributed by atoms with van der Waals surface area (Å²) >= 11 is 0. The number of nitrogens with two attached hydrogens (primary N) is 1. The van der Waals surface area contributed by atoms with Gasteiger partial charge in [0.2, 0.25) is 5.88 Å². The lowest BCUT2D eigenvalue weighted by atomic mass is 10.0. The molecule has 7 heteroatoms. The van der Waals surface area contributed by atoms with Gasteiger partial charge in [-0.1, -0.05) is 19.0 Å². The van der Waals surface area contributed by atoms with Gasteiger partial charge >= 0.3 is 5.88 Å². The Bertz CT molecular complexity index is 571. The standard InChI is InChI=1S/C11H13N3O4/c1-6(2)5-7-10(13-18-11(7)12)8-3-4-9(17-8)14(15)16/h3-4,6H,5,12H2,1-2H3. The molecule has 0 unspecified atom stereocenters. The van der Waals surface area contributed by atoms with Crippen LogP contribution in [0.4, 0.5) is 11.8 Å². The highest BCUT2D eigenvalue weighted by molar-refractivity contribution is 5.63. The highest BCUT2D eigenvalue weighted by atomic mass is 16.6. The highest BCUT2D eigenvalue weighted by Crippen LogP contribution is 2.32. The molecule has 0 radical (unpaired) electrons. The van der Waals surface area contributed by atoms with E-state index in [1.807, 2.05) is 13.8 Å². The molecule has 2 rings (SSSR count). The van der Waals surface area contributed by atoms with Gasteiger partial charge in [0.1, 0.15) is 4.92 Å². The van der Waals surface area contributed by atoms with E-state index < -0.39 is 4.92 Å².